The number of aromatic hydroxyl groups is 1. The Morgan fingerprint density at radius 2 is 1.96 bits per heavy atom. The Morgan fingerprint density at radius 1 is 1.22 bits per heavy atom. The molecule has 1 atom stereocenters. The Hall–Kier alpha value is -2.43. The van der Waals surface area contributed by atoms with Crippen LogP contribution in [0, 0.1) is 5.92 Å². The van der Waals surface area contributed by atoms with Gasteiger partial charge in [0.2, 0.25) is 5.90 Å². The largest absolute Gasteiger partial charge is 0.506 e. The number of phenols is 1. The van der Waals surface area contributed by atoms with Gasteiger partial charge in [-0.25, -0.2) is 4.99 Å². The highest BCUT2D eigenvalue weighted by Gasteiger charge is 2.26. The first kappa shape index (κ1) is 15.5. The Balaban J connectivity index is 2.20. The molecular weight excluding hydrogens is 294 g/mol. The number of rotatable bonds is 4. The molecule has 0 aromatic heterocycles. The summed E-state index contributed by atoms with van der Waals surface area (Å²) in [5.41, 5.74) is 0.547. The number of fused-ring (bicyclic) bond motifs is 1. The van der Waals surface area contributed by atoms with Crippen LogP contribution in [0.2, 0.25) is 0 Å². The van der Waals surface area contributed by atoms with E-state index < -0.39 is 0 Å². The second-order valence-corrected chi connectivity index (χ2v) is 5.91. The van der Waals surface area contributed by atoms with Crippen molar-refractivity contribution in [1.29, 1.82) is 0 Å². The molecule has 0 bridgehead atoms. The van der Waals surface area contributed by atoms with Crippen molar-refractivity contribution in [1.82, 2.24) is 0 Å². The van der Waals surface area contributed by atoms with Crippen molar-refractivity contribution in [3.05, 3.63) is 29.8 Å². The molecule has 1 heterocycles. The van der Waals surface area contributed by atoms with Gasteiger partial charge in [0.15, 0.2) is 0 Å². The summed E-state index contributed by atoms with van der Waals surface area (Å²) >= 11 is 0. The second-order valence-electron chi connectivity index (χ2n) is 5.91. The van der Waals surface area contributed by atoms with Crippen LogP contribution in [0.3, 0.4) is 0 Å². The molecule has 0 aliphatic carbocycles. The van der Waals surface area contributed by atoms with Crippen LogP contribution >= 0.6 is 0 Å². The number of phenolic OH excluding ortho intramolecular Hbond substituents is 1. The Labute approximate surface area is 135 Å². The van der Waals surface area contributed by atoms with E-state index in [2.05, 4.69) is 18.8 Å². The zero-order chi connectivity index (χ0) is 16.6. The smallest absolute Gasteiger partial charge is 0.220 e. The molecule has 5 nitrogen and oxygen atoms in total. The first-order chi connectivity index (χ1) is 11.1. The van der Waals surface area contributed by atoms with Crippen LogP contribution < -0.4 is 9.47 Å². The van der Waals surface area contributed by atoms with Crippen LogP contribution in [0.1, 0.15) is 19.4 Å². The fraction of sp³-hybridized carbons (Fsp3) is 0.389. The first-order valence-electron chi connectivity index (χ1n) is 7.64. The highest BCUT2D eigenvalue weighted by Crippen LogP contribution is 2.41. The van der Waals surface area contributed by atoms with Gasteiger partial charge in [0.1, 0.15) is 23.9 Å². The topological polar surface area (TPSA) is 60.3 Å². The van der Waals surface area contributed by atoms with E-state index in [9.17, 15) is 5.11 Å². The molecule has 0 spiro atoms. The molecule has 3 rings (SSSR count). The standard InChI is InChI=1S/C18H21NO4/c1-10(2)13-9-23-18(19-13)12-8-15(22-4)16-11(17(12)20)6-5-7-14(16)21-3/h5-8,10,13,20H,9H2,1-4H3/t13-/m1/s1. The quantitative estimate of drug-likeness (QED) is 0.940. The van der Waals surface area contributed by atoms with E-state index in [1.807, 2.05) is 18.2 Å². The highest BCUT2D eigenvalue weighted by atomic mass is 16.5. The van der Waals surface area contributed by atoms with Crippen molar-refractivity contribution in [3.8, 4) is 17.2 Å². The summed E-state index contributed by atoms with van der Waals surface area (Å²) < 4.78 is 16.6. The molecule has 5 heteroatoms. The van der Waals surface area contributed by atoms with Crippen LogP contribution in [-0.2, 0) is 4.74 Å². The molecule has 0 fully saturated rings. The molecule has 2 aromatic carbocycles. The van der Waals surface area contributed by atoms with Crippen molar-refractivity contribution in [3.63, 3.8) is 0 Å². The lowest BCUT2D eigenvalue weighted by molar-refractivity contribution is 0.291. The van der Waals surface area contributed by atoms with E-state index in [4.69, 9.17) is 14.2 Å². The molecule has 1 N–H and O–H groups in total. The summed E-state index contributed by atoms with van der Waals surface area (Å²) in [6.07, 6.45) is 0. The molecule has 2 aromatic rings. The molecule has 0 saturated heterocycles. The van der Waals surface area contributed by atoms with Crippen molar-refractivity contribution in [2.24, 2.45) is 10.9 Å². The van der Waals surface area contributed by atoms with Crippen molar-refractivity contribution < 1.29 is 19.3 Å². The molecule has 122 valence electrons. The van der Waals surface area contributed by atoms with Gasteiger partial charge in [-0.1, -0.05) is 26.0 Å². The van der Waals surface area contributed by atoms with E-state index >= 15 is 0 Å². The van der Waals surface area contributed by atoms with E-state index in [0.29, 0.717) is 40.9 Å². The van der Waals surface area contributed by atoms with Gasteiger partial charge in [-0.3, -0.25) is 0 Å². The van der Waals surface area contributed by atoms with Gasteiger partial charge in [-0.15, -0.1) is 0 Å². The van der Waals surface area contributed by atoms with Gasteiger partial charge in [-0.2, -0.15) is 0 Å². The van der Waals surface area contributed by atoms with Crippen molar-refractivity contribution in [2.75, 3.05) is 20.8 Å². The van der Waals surface area contributed by atoms with Gasteiger partial charge in [0, 0.05) is 5.39 Å². The SMILES string of the molecule is COc1cccc2c(O)c(C3=N[C@@H](C(C)C)CO3)cc(OC)c12. The summed E-state index contributed by atoms with van der Waals surface area (Å²) in [5, 5.41) is 12.1. The minimum Gasteiger partial charge on any atom is -0.506 e. The number of aliphatic imine (C=N–C) groups is 1. The molecule has 1 aliphatic rings. The summed E-state index contributed by atoms with van der Waals surface area (Å²) in [6.45, 7) is 4.74. The Bertz CT molecular complexity index is 767. The number of benzene rings is 2. The zero-order valence-electron chi connectivity index (χ0n) is 13.8. The lowest BCUT2D eigenvalue weighted by Crippen LogP contribution is -2.13. The molecule has 0 unspecified atom stereocenters. The summed E-state index contributed by atoms with van der Waals surface area (Å²) in [7, 11) is 3.19. The molecule has 1 aliphatic heterocycles. The average Bonchev–Trinajstić information content (AvgIpc) is 3.05. The fourth-order valence-electron chi connectivity index (χ4n) is 2.77. The van der Waals surface area contributed by atoms with Crippen molar-refractivity contribution in [2.45, 2.75) is 19.9 Å². The highest BCUT2D eigenvalue weighted by molar-refractivity contribution is 6.07. The zero-order valence-corrected chi connectivity index (χ0v) is 13.8. The minimum absolute atomic E-state index is 0.108. The maximum absolute atomic E-state index is 10.7. The number of nitrogens with zero attached hydrogens (tertiary/aromatic N) is 1. The summed E-state index contributed by atoms with van der Waals surface area (Å²) in [6, 6.07) is 7.35. The maximum atomic E-state index is 10.7. The Kier molecular flexibility index (Phi) is 4.03. The summed E-state index contributed by atoms with van der Waals surface area (Å²) in [5.74, 6) is 2.24. The molecule has 0 amide bonds. The van der Waals surface area contributed by atoms with Crippen LogP contribution in [0.15, 0.2) is 29.3 Å². The van der Waals surface area contributed by atoms with E-state index in [0.717, 1.165) is 5.39 Å². The van der Waals surface area contributed by atoms with Crippen LogP contribution in [0.4, 0.5) is 0 Å². The first-order valence-corrected chi connectivity index (χ1v) is 7.64. The third-order valence-electron chi connectivity index (χ3n) is 4.17. The molecular formula is C18H21NO4. The van der Waals surface area contributed by atoms with Crippen LogP contribution in [-0.4, -0.2) is 37.9 Å². The third-order valence-corrected chi connectivity index (χ3v) is 4.17. The lowest BCUT2D eigenvalue weighted by Gasteiger charge is -2.14. The monoisotopic (exact) mass is 315 g/mol. The van der Waals surface area contributed by atoms with Gasteiger partial charge < -0.3 is 19.3 Å². The van der Waals surface area contributed by atoms with Gasteiger partial charge in [-0.05, 0) is 18.1 Å². The van der Waals surface area contributed by atoms with Crippen molar-refractivity contribution >= 4 is 16.7 Å². The number of hydrogen-bond donors (Lipinski definition) is 1. The Morgan fingerprint density at radius 3 is 2.57 bits per heavy atom. The molecule has 0 saturated carbocycles. The number of ether oxygens (including phenoxy) is 3. The minimum atomic E-state index is 0.108. The normalized spacial score (nSPS) is 17.3. The average molecular weight is 315 g/mol. The predicted octanol–water partition coefficient (Wildman–Crippen LogP) is 3.36. The maximum Gasteiger partial charge on any atom is 0.220 e. The third kappa shape index (κ3) is 2.56. The van der Waals surface area contributed by atoms with E-state index in [1.54, 1.807) is 20.3 Å². The van der Waals surface area contributed by atoms with Gasteiger partial charge in [0.05, 0.1) is 31.2 Å². The lowest BCUT2D eigenvalue weighted by atomic mass is 10.0. The van der Waals surface area contributed by atoms with Gasteiger partial charge >= 0.3 is 0 Å². The fourth-order valence-corrected chi connectivity index (χ4v) is 2.77. The van der Waals surface area contributed by atoms with Crippen LogP contribution in [0.5, 0.6) is 17.2 Å². The second kappa shape index (κ2) is 5.99. The molecule has 23 heavy (non-hydrogen) atoms. The molecule has 0 radical (unpaired) electrons. The number of methoxy groups -OCH3 is 2. The van der Waals surface area contributed by atoms with Crippen LogP contribution in [0.25, 0.3) is 10.8 Å². The van der Waals surface area contributed by atoms with E-state index in [1.165, 1.54) is 0 Å². The number of hydrogen-bond acceptors (Lipinski definition) is 5. The predicted molar refractivity (Wildman–Crippen MR) is 89.8 cm³/mol. The van der Waals surface area contributed by atoms with E-state index in [-0.39, 0.29) is 11.8 Å². The summed E-state index contributed by atoms with van der Waals surface area (Å²) in [4.78, 5) is 4.59. The van der Waals surface area contributed by atoms with Gasteiger partial charge in [0.25, 0.3) is 0 Å².